The number of carbonyl (C=O) groups excluding carboxylic acids is 2. The van der Waals surface area contributed by atoms with E-state index < -0.39 is 12.0 Å². The summed E-state index contributed by atoms with van der Waals surface area (Å²) >= 11 is 6.00. The zero-order chi connectivity index (χ0) is 16.8. The third-order valence-corrected chi connectivity index (χ3v) is 3.39. The molecule has 0 saturated heterocycles. The van der Waals surface area contributed by atoms with E-state index >= 15 is 0 Å². The third kappa shape index (κ3) is 4.45. The van der Waals surface area contributed by atoms with Gasteiger partial charge >= 0.3 is 0 Å². The highest BCUT2D eigenvalue weighted by Crippen LogP contribution is 2.21. The Morgan fingerprint density at radius 3 is 2.39 bits per heavy atom. The Morgan fingerprint density at radius 1 is 1.13 bits per heavy atom. The minimum absolute atomic E-state index is 0.294. The van der Waals surface area contributed by atoms with Crippen LogP contribution in [0.25, 0.3) is 0 Å². The monoisotopic (exact) mass is 333 g/mol. The summed E-state index contributed by atoms with van der Waals surface area (Å²) in [5.41, 5.74) is 2.98. The fraction of sp³-hybridized carbons (Fsp3) is 0.125. The Kier molecular flexibility index (Phi) is 5.56. The lowest BCUT2D eigenvalue weighted by atomic mass is 10.2. The predicted molar refractivity (Wildman–Crippen MR) is 88.3 cm³/mol. The van der Waals surface area contributed by atoms with Crippen molar-refractivity contribution in [2.24, 2.45) is 5.84 Å². The number of carbonyl (C=O) groups is 2. The number of benzene rings is 2. The van der Waals surface area contributed by atoms with Crippen LogP contribution in [-0.2, 0) is 4.79 Å². The molecule has 4 N–H and O–H groups in total. The van der Waals surface area contributed by atoms with Gasteiger partial charge in [-0.3, -0.25) is 15.0 Å². The van der Waals surface area contributed by atoms with Crippen LogP contribution in [0.2, 0.25) is 5.02 Å². The van der Waals surface area contributed by atoms with Gasteiger partial charge in [-0.25, -0.2) is 5.84 Å². The first-order valence-electron chi connectivity index (χ1n) is 6.84. The van der Waals surface area contributed by atoms with E-state index in [1.807, 2.05) is 5.43 Å². The van der Waals surface area contributed by atoms with E-state index in [2.05, 4.69) is 5.32 Å². The second-order valence-corrected chi connectivity index (χ2v) is 5.13. The van der Waals surface area contributed by atoms with Crippen molar-refractivity contribution in [3.05, 3.63) is 59.1 Å². The summed E-state index contributed by atoms with van der Waals surface area (Å²) in [6.07, 6.45) is -0.734. The topological polar surface area (TPSA) is 93.4 Å². The lowest BCUT2D eigenvalue weighted by Gasteiger charge is -2.13. The molecule has 0 aromatic heterocycles. The fourth-order valence-corrected chi connectivity index (χ4v) is 2.00. The molecule has 0 bridgehead atoms. The molecule has 0 aliphatic carbocycles. The molecular formula is C16H16ClN3O3. The molecule has 120 valence electrons. The van der Waals surface area contributed by atoms with Crippen molar-refractivity contribution < 1.29 is 14.3 Å². The predicted octanol–water partition coefficient (Wildman–Crippen LogP) is 2.35. The van der Waals surface area contributed by atoms with Crippen molar-refractivity contribution in [3.8, 4) is 5.75 Å². The summed E-state index contributed by atoms with van der Waals surface area (Å²) in [6.45, 7) is 1.57. The number of hydrazine groups is 1. The zero-order valence-electron chi connectivity index (χ0n) is 12.4. The van der Waals surface area contributed by atoms with Crippen LogP contribution in [0.5, 0.6) is 5.75 Å². The average molecular weight is 334 g/mol. The van der Waals surface area contributed by atoms with Crippen molar-refractivity contribution in [2.45, 2.75) is 13.0 Å². The lowest BCUT2D eigenvalue weighted by molar-refractivity contribution is -0.127. The number of hydrogen-bond acceptors (Lipinski definition) is 4. The maximum Gasteiger partial charge on any atom is 0.274 e. The molecule has 0 heterocycles. The van der Waals surface area contributed by atoms with Crippen molar-refractivity contribution in [2.75, 3.05) is 5.32 Å². The maximum atomic E-state index is 12.2. The molecule has 0 unspecified atom stereocenters. The molecule has 23 heavy (non-hydrogen) atoms. The van der Waals surface area contributed by atoms with Gasteiger partial charge in [-0.15, -0.1) is 0 Å². The number of amides is 2. The molecule has 2 aromatic carbocycles. The molecule has 0 aliphatic heterocycles. The summed E-state index contributed by atoms with van der Waals surface area (Å²) in [5, 5.41) is 3.18. The summed E-state index contributed by atoms with van der Waals surface area (Å²) in [4.78, 5) is 23.5. The largest absolute Gasteiger partial charge is 0.481 e. The van der Waals surface area contributed by atoms with Crippen LogP contribution in [0.4, 0.5) is 5.69 Å². The summed E-state index contributed by atoms with van der Waals surface area (Å²) in [6, 6.07) is 13.3. The molecule has 7 heteroatoms. The van der Waals surface area contributed by atoms with E-state index in [-0.39, 0.29) is 5.91 Å². The molecule has 0 fully saturated rings. The van der Waals surface area contributed by atoms with E-state index in [1.165, 1.54) is 0 Å². The van der Waals surface area contributed by atoms with Gasteiger partial charge in [0.25, 0.3) is 11.8 Å². The summed E-state index contributed by atoms with van der Waals surface area (Å²) in [7, 11) is 0. The third-order valence-electron chi connectivity index (χ3n) is 3.06. The molecule has 0 radical (unpaired) electrons. The minimum atomic E-state index is -0.734. The van der Waals surface area contributed by atoms with Gasteiger partial charge in [0.05, 0.1) is 10.7 Å². The number of halogens is 1. The van der Waals surface area contributed by atoms with Crippen LogP contribution in [-0.4, -0.2) is 17.9 Å². The van der Waals surface area contributed by atoms with Gasteiger partial charge in [-0.1, -0.05) is 23.7 Å². The second-order valence-electron chi connectivity index (χ2n) is 4.73. The number of para-hydroxylation sites is 1. The van der Waals surface area contributed by atoms with Gasteiger partial charge in [0, 0.05) is 5.56 Å². The van der Waals surface area contributed by atoms with Crippen molar-refractivity contribution >= 4 is 29.1 Å². The van der Waals surface area contributed by atoms with Crippen LogP contribution in [0.15, 0.2) is 48.5 Å². The van der Waals surface area contributed by atoms with Crippen LogP contribution >= 0.6 is 11.6 Å². The Labute approximate surface area is 138 Å². The Bertz CT molecular complexity index is 704. The first kappa shape index (κ1) is 16.8. The van der Waals surface area contributed by atoms with Crippen molar-refractivity contribution in [3.63, 3.8) is 0 Å². The van der Waals surface area contributed by atoms with E-state index in [0.29, 0.717) is 22.0 Å². The van der Waals surface area contributed by atoms with Crippen LogP contribution < -0.4 is 21.3 Å². The van der Waals surface area contributed by atoms with Gasteiger partial charge in [-0.05, 0) is 43.3 Å². The number of anilines is 1. The molecule has 0 saturated carbocycles. The number of nitrogens with one attached hydrogen (secondary N) is 2. The molecule has 0 spiro atoms. The van der Waals surface area contributed by atoms with Gasteiger partial charge < -0.3 is 10.1 Å². The normalized spacial score (nSPS) is 11.4. The zero-order valence-corrected chi connectivity index (χ0v) is 13.1. The maximum absolute atomic E-state index is 12.2. The SMILES string of the molecule is C[C@@H](Oc1ccc(C(=O)Nc2ccccc2Cl)cc1)C(=O)NN. The van der Waals surface area contributed by atoms with E-state index in [0.717, 1.165) is 0 Å². The smallest absolute Gasteiger partial charge is 0.274 e. The van der Waals surface area contributed by atoms with Gasteiger partial charge in [-0.2, -0.15) is 0 Å². The highest BCUT2D eigenvalue weighted by atomic mass is 35.5. The molecule has 2 amide bonds. The fourth-order valence-electron chi connectivity index (χ4n) is 1.82. The number of rotatable bonds is 5. The highest BCUT2D eigenvalue weighted by Gasteiger charge is 2.13. The first-order chi connectivity index (χ1) is 11.0. The second kappa shape index (κ2) is 7.62. The standard InChI is InChI=1S/C16H16ClN3O3/c1-10(15(21)20-18)23-12-8-6-11(7-9-12)16(22)19-14-5-3-2-4-13(14)17/h2-10H,18H2,1H3,(H,19,22)(H,20,21)/t10-/m1/s1. The quantitative estimate of drug-likeness (QED) is 0.445. The Morgan fingerprint density at radius 2 is 1.78 bits per heavy atom. The van der Waals surface area contributed by atoms with Crippen molar-refractivity contribution in [1.29, 1.82) is 0 Å². The van der Waals surface area contributed by atoms with E-state index in [1.54, 1.807) is 55.5 Å². The summed E-state index contributed by atoms with van der Waals surface area (Å²) in [5.74, 6) is 4.75. The van der Waals surface area contributed by atoms with Crippen LogP contribution in [0.1, 0.15) is 17.3 Å². The number of nitrogens with two attached hydrogens (primary N) is 1. The average Bonchev–Trinajstić information content (AvgIpc) is 2.56. The molecule has 1 atom stereocenters. The Balaban J connectivity index is 2.03. The lowest BCUT2D eigenvalue weighted by Crippen LogP contribution is -2.40. The van der Waals surface area contributed by atoms with E-state index in [4.69, 9.17) is 22.2 Å². The summed E-state index contributed by atoms with van der Waals surface area (Å²) < 4.78 is 5.39. The Hall–Kier alpha value is -2.57. The van der Waals surface area contributed by atoms with Gasteiger partial charge in [0.15, 0.2) is 6.10 Å². The molecule has 2 aromatic rings. The molecule has 6 nitrogen and oxygen atoms in total. The highest BCUT2D eigenvalue weighted by molar-refractivity contribution is 6.33. The first-order valence-corrected chi connectivity index (χ1v) is 7.22. The molecular weight excluding hydrogens is 318 g/mol. The van der Waals surface area contributed by atoms with Gasteiger partial charge in [0.2, 0.25) is 0 Å². The minimum Gasteiger partial charge on any atom is -0.481 e. The van der Waals surface area contributed by atoms with Crippen LogP contribution in [0.3, 0.4) is 0 Å². The number of ether oxygens (including phenoxy) is 1. The van der Waals surface area contributed by atoms with E-state index in [9.17, 15) is 9.59 Å². The number of hydrogen-bond donors (Lipinski definition) is 3. The van der Waals surface area contributed by atoms with Gasteiger partial charge in [0.1, 0.15) is 5.75 Å². The molecule has 0 aliphatic rings. The van der Waals surface area contributed by atoms with Crippen molar-refractivity contribution in [1.82, 2.24) is 5.43 Å². The molecule has 2 rings (SSSR count). The van der Waals surface area contributed by atoms with Crippen LogP contribution in [0, 0.1) is 0 Å².